The maximum atomic E-state index is 11.6. The van der Waals surface area contributed by atoms with E-state index in [-0.39, 0.29) is 5.78 Å². The van der Waals surface area contributed by atoms with Crippen LogP contribution in [-0.4, -0.2) is 19.0 Å². The van der Waals surface area contributed by atoms with Gasteiger partial charge in [0.05, 0.1) is 13.2 Å². The lowest BCUT2D eigenvalue weighted by Crippen LogP contribution is -2.20. The third-order valence-corrected chi connectivity index (χ3v) is 2.80. The number of hydrogen-bond acceptors (Lipinski definition) is 2. The second-order valence-corrected chi connectivity index (χ2v) is 3.59. The Labute approximate surface area is 78.3 Å². The molecule has 0 aromatic carbocycles. The second kappa shape index (κ2) is 3.46. The Bertz CT molecular complexity index is 276. The molecule has 0 bridgehead atoms. The SMILES string of the molecule is CCC(=O)C1=CC=C[C@H]2COC[C@@H]12. The lowest BCUT2D eigenvalue weighted by molar-refractivity contribution is -0.115. The Kier molecular flexibility index (Phi) is 2.32. The third kappa shape index (κ3) is 1.46. The van der Waals surface area contributed by atoms with Crippen molar-refractivity contribution in [3.05, 3.63) is 23.8 Å². The molecule has 2 atom stereocenters. The zero-order valence-corrected chi connectivity index (χ0v) is 7.82. The van der Waals surface area contributed by atoms with Crippen molar-refractivity contribution in [2.24, 2.45) is 11.8 Å². The number of Topliss-reactive ketones (excluding diaryl/α,β-unsaturated/α-hetero) is 1. The Morgan fingerprint density at radius 3 is 3.23 bits per heavy atom. The summed E-state index contributed by atoms with van der Waals surface area (Å²) in [5.74, 6) is 1.04. The monoisotopic (exact) mass is 178 g/mol. The van der Waals surface area contributed by atoms with Crippen LogP contribution in [0.15, 0.2) is 23.8 Å². The van der Waals surface area contributed by atoms with Crippen molar-refractivity contribution in [3.8, 4) is 0 Å². The second-order valence-electron chi connectivity index (χ2n) is 3.59. The summed E-state index contributed by atoms with van der Waals surface area (Å²) in [6, 6.07) is 0. The molecule has 2 aliphatic rings. The van der Waals surface area contributed by atoms with Crippen LogP contribution in [0.5, 0.6) is 0 Å². The highest BCUT2D eigenvalue weighted by molar-refractivity contribution is 5.96. The highest BCUT2D eigenvalue weighted by Crippen LogP contribution is 2.32. The minimum Gasteiger partial charge on any atom is -0.380 e. The van der Waals surface area contributed by atoms with Gasteiger partial charge in [0.25, 0.3) is 0 Å². The molecule has 2 heteroatoms. The van der Waals surface area contributed by atoms with Gasteiger partial charge in [-0.05, 0) is 0 Å². The van der Waals surface area contributed by atoms with Gasteiger partial charge in [-0.25, -0.2) is 0 Å². The number of carbonyl (C=O) groups excluding carboxylic acids is 1. The van der Waals surface area contributed by atoms with E-state index in [1.165, 1.54) is 0 Å². The van der Waals surface area contributed by atoms with Gasteiger partial charge < -0.3 is 4.74 Å². The number of hydrogen-bond donors (Lipinski definition) is 0. The van der Waals surface area contributed by atoms with Crippen LogP contribution in [0.3, 0.4) is 0 Å². The van der Waals surface area contributed by atoms with Crippen molar-refractivity contribution in [1.29, 1.82) is 0 Å². The third-order valence-electron chi connectivity index (χ3n) is 2.80. The summed E-state index contributed by atoms with van der Waals surface area (Å²) in [5.41, 5.74) is 0.965. The topological polar surface area (TPSA) is 26.3 Å². The summed E-state index contributed by atoms with van der Waals surface area (Å²) in [6.07, 6.45) is 6.67. The van der Waals surface area contributed by atoms with Gasteiger partial charge in [-0.3, -0.25) is 4.79 Å². The lowest BCUT2D eigenvalue weighted by Gasteiger charge is -2.19. The minimum atomic E-state index is 0.268. The standard InChI is InChI=1S/C11H14O2/c1-2-11(12)9-5-3-4-8-6-13-7-10(8)9/h3-5,8,10H,2,6-7H2,1H3/t8-,10+/m0/s1. The predicted molar refractivity (Wildman–Crippen MR) is 50.3 cm³/mol. The van der Waals surface area contributed by atoms with E-state index in [2.05, 4.69) is 6.08 Å². The fourth-order valence-electron chi connectivity index (χ4n) is 2.01. The number of rotatable bonds is 2. The molecule has 1 aliphatic carbocycles. The average Bonchev–Trinajstić information content (AvgIpc) is 2.63. The molecule has 0 spiro atoms. The van der Waals surface area contributed by atoms with Gasteiger partial charge in [-0.15, -0.1) is 0 Å². The van der Waals surface area contributed by atoms with E-state index in [0.29, 0.717) is 24.9 Å². The van der Waals surface area contributed by atoms with Crippen molar-refractivity contribution in [2.45, 2.75) is 13.3 Å². The molecule has 0 radical (unpaired) electrons. The summed E-state index contributed by atoms with van der Waals surface area (Å²) < 4.78 is 5.37. The van der Waals surface area contributed by atoms with Gasteiger partial charge in [0.15, 0.2) is 5.78 Å². The molecule has 0 aromatic rings. The fourth-order valence-corrected chi connectivity index (χ4v) is 2.01. The largest absolute Gasteiger partial charge is 0.380 e. The average molecular weight is 178 g/mol. The number of carbonyl (C=O) groups is 1. The lowest BCUT2D eigenvalue weighted by atomic mass is 9.82. The molecule has 0 saturated carbocycles. The molecule has 1 heterocycles. The molecular formula is C11H14O2. The highest BCUT2D eigenvalue weighted by atomic mass is 16.5. The van der Waals surface area contributed by atoms with Gasteiger partial charge in [0.2, 0.25) is 0 Å². The van der Waals surface area contributed by atoms with Crippen LogP contribution in [0, 0.1) is 11.8 Å². The molecule has 1 aliphatic heterocycles. The molecule has 70 valence electrons. The van der Waals surface area contributed by atoms with Gasteiger partial charge >= 0.3 is 0 Å². The number of ether oxygens (including phenoxy) is 1. The van der Waals surface area contributed by atoms with Crippen molar-refractivity contribution in [1.82, 2.24) is 0 Å². The smallest absolute Gasteiger partial charge is 0.158 e. The van der Waals surface area contributed by atoms with Crippen molar-refractivity contribution < 1.29 is 9.53 Å². The van der Waals surface area contributed by atoms with Crippen LogP contribution >= 0.6 is 0 Å². The first-order chi connectivity index (χ1) is 6.33. The Morgan fingerprint density at radius 2 is 2.46 bits per heavy atom. The van der Waals surface area contributed by atoms with Gasteiger partial charge in [-0.2, -0.15) is 0 Å². The maximum absolute atomic E-state index is 11.6. The van der Waals surface area contributed by atoms with Crippen LogP contribution in [0.4, 0.5) is 0 Å². The first-order valence-corrected chi connectivity index (χ1v) is 4.82. The van der Waals surface area contributed by atoms with E-state index in [1.807, 2.05) is 19.1 Å². The fraction of sp³-hybridized carbons (Fsp3) is 0.545. The Balaban J connectivity index is 2.22. The predicted octanol–water partition coefficient (Wildman–Crippen LogP) is 1.72. The number of fused-ring (bicyclic) bond motifs is 1. The molecule has 0 aromatic heterocycles. The minimum absolute atomic E-state index is 0.268. The van der Waals surface area contributed by atoms with Gasteiger partial charge in [-0.1, -0.05) is 25.2 Å². The normalized spacial score (nSPS) is 31.3. The van der Waals surface area contributed by atoms with E-state index >= 15 is 0 Å². The summed E-state index contributed by atoms with van der Waals surface area (Å²) in [4.78, 5) is 11.6. The summed E-state index contributed by atoms with van der Waals surface area (Å²) in [5, 5.41) is 0. The van der Waals surface area contributed by atoms with E-state index in [0.717, 1.165) is 12.2 Å². The number of ketones is 1. The molecule has 13 heavy (non-hydrogen) atoms. The van der Waals surface area contributed by atoms with Gasteiger partial charge in [0.1, 0.15) is 0 Å². The van der Waals surface area contributed by atoms with E-state index in [1.54, 1.807) is 0 Å². The first kappa shape index (κ1) is 8.70. The Morgan fingerprint density at radius 1 is 1.62 bits per heavy atom. The van der Waals surface area contributed by atoms with E-state index < -0.39 is 0 Å². The first-order valence-electron chi connectivity index (χ1n) is 4.82. The quantitative estimate of drug-likeness (QED) is 0.643. The molecule has 2 nitrogen and oxygen atoms in total. The molecule has 1 saturated heterocycles. The van der Waals surface area contributed by atoms with Gasteiger partial charge in [0, 0.05) is 23.8 Å². The molecule has 2 rings (SSSR count). The molecule has 0 amide bonds. The summed E-state index contributed by atoms with van der Waals surface area (Å²) in [7, 11) is 0. The van der Waals surface area contributed by atoms with E-state index in [4.69, 9.17) is 4.74 Å². The van der Waals surface area contributed by atoms with Crippen LogP contribution in [0.1, 0.15) is 13.3 Å². The number of allylic oxidation sites excluding steroid dienone is 2. The van der Waals surface area contributed by atoms with E-state index in [9.17, 15) is 4.79 Å². The van der Waals surface area contributed by atoms with Crippen LogP contribution in [0.25, 0.3) is 0 Å². The maximum Gasteiger partial charge on any atom is 0.158 e. The van der Waals surface area contributed by atoms with Crippen LogP contribution in [-0.2, 0) is 9.53 Å². The molecular weight excluding hydrogens is 164 g/mol. The zero-order valence-electron chi connectivity index (χ0n) is 7.82. The Hall–Kier alpha value is -0.890. The van der Waals surface area contributed by atoms with Crippen LogP contribution in [0.2, 0.25) is 0 Å². The molecule has 1 fully saturated rings. The molecule has 0 N–H and O–H groups in total. The van der Waals surface area contributed by atoms with Crippen LogP contribution < -0.4 is 0 Å². The summed E-state index contributed by atoms with van der Waals surface area (Å²) in [6.45, 7) is 3.40. The van der Waals surface area contributed by atoms with Crippen molar-refractivity contribution in [3.63, 3.8) is 0 Å². The van der Waals surface area contributed by atoms with Crippen molar-refractivity contribution in [2.75, 3.05) is 13.2 Å². The molecule has 0 unspecified atom stereocenters. The highest BCUT2D eigenvalue weighted by Gasteiger charge is 2.32. The zero-order chi connectivity index (χ0) is 9.26. The summed E-state index contributed by atoms with van der Waals surface area (Å²) >= 11 is 0. The van der Waals surface area contributed by atoms with Crippen molar-refractivity contribution >= 4 is 5.78 Å².